The van der Waals surface area contributed by atoms with Crippen molar-refractivity contribution in [3.63, 3.8) is 0 Å². The Kier molecular flexibility index (Phi) is 9.64. The molecular formula is C56H46. The molecular weight excluding hydrogens is 673 g/mol. The molecule has 0 spiro atoms. The molecule has 0 saturated carbocycles. The molecule has 1 aliphatic rings. The smallest absolute Gasteiger partial charge is 0.00925 e. The van der Waals surface area contributed by atoms with Crippen LogP contribution in [0.1, 0.15) is 54.9 Å². The summed E-state index contributed by atoms with van der Waals surface area (Å²) < 4.78 is 0. The molecule has 0 aliphatic heterocycles. The van der Waals surface area contributed by atoms with E-state index in [4.69, 9.17) is 0 Å². The van der Waals surface area contributed by atoms with Crippen molar-refractivity contribution >= 4 is 27.6 Å². The molecule has 1 aliphatic carbocycles. The summed E-state index contributed by atoms with van der Waals surface area (Å²) in [4.78, 5) is 0. The highest BCUT2D eigenvalue weighted by atomic mass is 14.3. The second-order valence-corrected chi connectivity index (χ2v) is 15.7. The molecule has 0 bridgehead atoms. The van der Waals surface area contributed by atoms with Gasteiger partial charge in [0.1, 0.15) is 0 Å². The third-order valence-electron chi connectivity index (χ3n) is 11.7. The van der Waals surface area contributed by atoms with Crippen molar-refractivity contribution in [1.82, 2.24) is 0 Å². The molecule has 8 aromatic carbocycles. The first-order valence-electron chi connectivity index (χ1n) is 19.9. The van der Waals surface area contributed by atoms with Crippen molar-refractivity contribution in [2.75, 3.05) is 0 Å². The Balaban J connectivity index is 0.960. The molecule has 56 heavy (non-hydrogen) atoms. The number of fused-ring (bicyclic) bond motifs is 4. The fraction of sp³-hybridized carbons (Fsp3) is 0.107. The van der Waals surface area contributed by atoms with Crippen LogP contribution < -0.4 is 0 Å². The van der Waals surface area contributed by atoms with Crippen molar-refractivity contribution in [3.8, 4) is 33.4 Å². The van der Waals surface area contributed by atoms with Crippen molar-refractivity contribution in [3.05, 3.63) is 234 Å². The summed E-state index contributed by atoms with van der Waals surface area (Å²) in [6.07, 6.45) is 13.6. The second-order valence-electron chi connectivity index (χ2n) is 15.7. The summed E-state index contributed by atoms with van der Waals surface area (Å²) >= 11 is 0. The first-order valence-corrected chi connectivity index (χ1v) is 19.9. The Morgan fingerprint density at radius 3 is 1.80 bits per heavy atom. The molecule has 0 N–H and O–H groups in total. The van der Waals surface area contributed by atoms with Crippen LogP contribution >= 0.6 is 0 Å². The number of hydrogen-bond donors (Lipinski definition) is 0. The molecule has 0 heterocycles. The monoisotopic (exact) mass is 718 g/mol. The Hall–Kier alpha value is -6.50. The van der Waals surface area contributed by atoms with E-state index in [0.717, 1.165) is 12.8 Å². The van der Waals surface area contributed by atoms with Crippen LogP contribution in [0, 0.1) is 0 Å². The third kappa shape index (κ3) is 7.19. The van der Waals surface area contributed by atoms with Crippen LogP contribution in [0.15, 0.2) is 212 Å². The summed E-state index contributed by atoms with van der Waals surface area (Å²) in [6.45, 7) is 4.69. The Bertz CT molecular complexity index is 2720. The maximum atomic E-state index is 2.41. The van der Waals surface area contributed by atoms with Crippen molar-refractivity contribution in [1.29, 1.82) is 0 Å². The predicted octanol–water partition coefficient (Wildman–Crippen LogP) is 15.4. The minimum atomic E-state index is -0.158. The summed E-state index contributed by atoms with van der Waals surface area (Å²) in [5.41, 5.74) is 14.0. The summed E-state index contributed by atoms with van der Waals surface area (Å²) in [5, 5.41) is 5.16. The van der Waals surface area contributed by atoms with E-state index in [1.165, 1.54) is 82.8 Å². The fourth-order valence-electron chi connectivity index (χ4n) is 8.54. The van der Waals surface area contributed by atoms with Crippen LogP contribution in [-0.4, -0.2) is 0 Å². The standard InChI is InChI=1S/C56H46/c1-56(2)37-36-40(24-35-50(44-17-7-4-8-18-44)45-29-25-42(26-30-45)41-15-5-3-6-16-41)14-13-20-47-33-34-48(39-55(47)56)43-27-31-46(32-28-43)54-38-49-19-9-10-21-51(49)52-22-11-12-23-53(52)54/h3-23,25-34,36-39,50H,24,35H2,1-2H3/b20-13+,37-36+,40-14-. The molecule has 0 fully saturated rings. The van der Waals surface area contributed by atoms with Gasteiger partial charge in [-0.1, -0.05) is 214 Å². The number of benzene rings is 8. The average Bonchev–Trinajstić information content (AvgIpc) is 3.31. The van der Waals surface area contributed by atoms with Crippen LogP contribution in [0.5, 0.6) is 0 Å². The molecule has 0 saturated heterocycles. The zero-order valence-electron chi connectivity index (χ0n) is 32.2. The SMILES string of the molecule is CC1(C)/C=C/C(CCC(c2ccccc2)c2ccc(-c3ccccc3)cc2)=C\C=C\c2ccc(-c3ccc(-c4cc5ccccc5c5ccccc45)cc3)cc21. The topological polar surface area (TPSA) is 0 Å². The van der Waals surface area contributed by atoms with Gasteiger partial charge in [0.15, 0.2) is 0 Å². The highest BCUT2D eigenvalue weighted by Crippen LogP contribution is 2.39. The van der Waals surface area contributed by atoms with Crippen molar-refractivity contribution < 1.29 is 0 Å². The fourth-order valence-corrected chi connectivity index (χ4v) is 8.54. The molecule has 1 unspecified atom stereocenters. The molecule has 270 valence electrons. The molecule has 9 rings (SSSR count). The van der Waals surface area contributed by atoms with E-state index in [1.54, 1.807) is 0 Å². The first kappa shape index (κ1) is 35.2. The molecule has 0 amide bonds. The van der Waals surface area contributed by atoms with E-state index < -0.39 is 0 Å². The predicted molar refractivity (Wildman–Crippen MR) is 241 cm³/mol. The zero-order valence-corrected chi connectivity index (χ0v) is 32.2. The van der Waals surface area contributed by atoms with Gasteiger partial charge >= 0.3 is 0 Å². The largest absolute Gasteiger partial charge is 0.0742 e. The normalized spacial score (nSPS) is 16.1. The molecule has 0 nitrogen and oxygen atoms in total. The number of rotatable bonds is 8. The lowest BCUT2D eigenvalue weighted by Crippen LogP contribution is -2.15. The van der Waals surface area contributed by atoms with Gasteiger partial charge in [-0.2, -0.15) is 0 Å². The lowest BCUT2D eigenvalue weighted by Gasteiger charge is -2.25. The van der Waals surface area contributed by atoms with E-state index in [1.807, 2.05) is 0 Å². The van der Waals surface area contributed by atoms with Gasteiger partial charge in [-0.15, -0.1) is 0 Å². The Morgan fingerprint density at radius 1 is 0.464 bits per heavy atom. The molecule has 0 radical (unpaired) electrons. The molecule has 0 heteroatoms. The van der Waals surface area contributed by atoms with Crippen LogP contribution in [-0.2, 0) is 5.41 Å². The number of hydrogen-bond acceptors (Lipinski definition) is 0. The van der Waals surface area contributed by atoms with E-state index in [-0.39, 0.29) is 5.41 Å². The average molecular weight is 719 g/mol. The summed E-state index contributed by atoms with van der Waals surface area (Å²) in [5.74, 6) is 0.311. The van der Waals surface area contributed by atoms with Crippen molar-refractivity contribution in [2.24, 2.45) is 0 Å². The first-order chi connectivity index (χ1) is 27.5. The second kappa shape index (κ2) is 15.3. The third-order valence-corrected chi connectivity index (χ3v) is 11.7. The lowest BCUT2D eigenvalue weighted by atomic mass is 9.79. The van der Waals surface area contributed by atoms with Crippen LogP contribution in [0.2, 0.25) is 0 Å². The lowest BCUT2D eigenvalue weighted by molar-refractivity contribution is 0.666. The zero-order chi connectivity index (χ0) is 37.9. The summed E-state index contributed by atoms with van der Waals surface area (Å²) in [7, 11) is 0. The van der Waals surface area contributed by atoms with Crippen LogP contribution in [0.4, 0.5) is 0 Å². The van der Waals surface area contributed by atoms with Gasteiger partial charge in [-0.05, 0) is 108 Å². The van der Waals surface area contributed by atoms with E-state index in [0.29, 0.717) is 5.92 Å². The maximum absolute atomic E-state index is 2.41. The summed E-state index contributed by atoms with van der Waals surface area (Å²) in [6, 6.07) is 66.8. The van der Waals surface area contributed by atoms with Gasteiger partial charge in [0.2, 0.25) is 0 Å². The minimum absolute atomic E-state index is 0.158. The van der Waals surface area contributed by atoms with Gasteiger partial charge in [-0.3, -0.25) is 0 Å². The quantitative estimate of drug-likeness (QED) is 0.137. The highest BCUT2D eigenvalue weighted by Gasteiger charge is 2.22. The van der Waals surface area contributed by atoms with Gasteiger partial charge in [0.05, 0.1) is 0 Å². The van der Waals surface area contributed by atoms with E-state index in [9.17, 15) is 0 Å². The van der Waals surface area contributed by atoms with Crippen molar-refractivity contribution in [2.45, 2.75) is 38.0 Å². The van der Waals surface area contributed by atoms with Gasteiger partial charge in [0, 0.05) is 11.3 Å². The number of allylic oxidation sites excluding steroid dienone is 5. The minimum Gasteiger partial charge on any atom is -0.0742 e. The van der Waals surface area contributed by atoms with Crippen LogP contribution in [0.3, 0.4) is 0 Å². The Labute approximate surface area is 331 Å². The highest BCUT2D eigenvalue weighted by molar-refractivity contribution is 6.13. The van der Waals surface area contributed by atoms with Gasteiger partial charge in [-0.25, -0.2) is 0 Å². The maximum Gasteiger partial charge on any atom is 0.00925 e. The van der Waals surface area contributed by atoms with E-state index in [2.05, 4.69) is 226 Å². The molecule has 1 atom stereocenters. The van der Waals surface area contributed by atoms with Crippen LogP contribution in [0.25, 0.3) is 61.0 Å². The Morgan fingerprint density at radius 2 is 1.04 bits per heavy atom. The molecule has 0 aromatic heterocycles. The van der Waals surface area contributed by atoms with Gasteiger partial charge < -0.3 is 0 Å². The van der Waals surface area contributed by atoms with Gasteiger partial charge in [0.25, 0.3) is 0 Å². The van der Waals surface area contributed by atoms with E-state index >= 15 is 0 Å². The molecule has 8 aromatic rings.